The van der Waals surface area contributed by atoms with Gasteiger partial charge < -0.3 is 14.8 Å². The van der Waals surface area contributed by atoms with E-state index in [0.29, 0.717) is 34.9 Å². The summed E-state index contributed by atoms with van der Waals surface area (Å²) >= 11 is 3.50. The second kappa shape index (κ2) is 11.1. The molecule has 32 heavy (non-hydrogen) atoms. The Morgan fingerprint density at radius 2 is 1.81 bits per heavy atom. The Hall–Kier alpha value is -3.65. The highest BCUT2D eigenvalue weighted by molar-refractivity contribution is 9.10. The Balaban J connectivity index is 1.67. The lowest BCUT2D eigenvalue weighted by Gasteiger charge is -2.12. The van der Waals surface area contributed by atoms with Crippen LogP contribution in [0.25, 0.3) is 0 Å². The molecule has 8 heteroatoms. The highest BCUT2D eigenvalue weighted by Crippen LogP contribution is 2.33. The van der Waals surface area contributed by atoms with Crippen LogP contribution in [0, 0.1) is 0 Å². The third-order valence-corrected chi connectivity index (χ3v) is 5.02. The number of rotatable bonds is 8. The molecule has 0 saturated heterocycles. The lowest BCUT2D eigenvalue weighted by atomic mass is 10.2. The van der Waals surface area contributed by atoms with Crippen molar-refractivity contribution in [1.29, 1.82) is 0 Å². The second-order valence-corrected chi connectivity index (χ2v) is 7.61. The minimum Gasteiger partial charge on any atom is -0.493 e. The van der Waals surface area contributed by atoms with Crippen molar-refractivity contribution in [1.82, 2.24) is 5.43 Å². The van der Waals surface area contributed by atoms with Gasteiger partial charge in [-0.15, -0.1) is 0 Å². The van der Waals surface area contributed by atoms with E-state index >= 15 is 0 Å². The van der Waals surface area contributed by atoms with Crippen LogP contribution in [0.5, 0.6) is 11.5 Å². The molecule has 2 amide bonds. The van der Waals surface area contributed by atoms with E-state index < -0.39 is 5.91 Å². The maximum absolute atomic E-state index is 12.4. The molecule has 0 unspecified atom stereocenters. The molecular weight excluding hydrogens is 474 g/mol. The van der Waals surface area contributed by atoms with Crippen LogP contribution in [-0.4, -0.2) is 25.1 Å². The van der Waals surface area contributed by atoms with Gasteiger partial charge in [-0.05, 0) is 51.8 Å². The van der Waals surface area contributed by atoms with Gasteiger partial charge in [0.25, 0.3) is 5.91 Å². The summed E-state index contributed by atoms with van der Waals surface area (Å²) in [7, 11) is 1.56. The summed E-state index contributed by atoms with van der Waals surface area (Å²) in [5.74, 6) is 0.508. The standard InChI is InChI=1S/C24H22BrN3O4/c1-16(29)27-20-10-6-9-18(11-20)24(30)28-26-14-19-12-22(31-2)23(13-21(19)25)32-15-17-7-4-3-5-8-17/h3-14H,15H2,1-2H3,(H,27,29)(H,28,30)/b26-14-. The summed E-state index contributed by atoms with van der Waals surface area (Å²) in [6, 6.07) is 20.0. The van der Waals surface area contributed by atoms with Crippen molar-refractivity contribution in [2.45, 2.75) is 13.5 Å². The van der Waals surface area contributed by atoms with Crippen LogP contribution in [0.15, 0.2) is 76.3 Å². The number of amides is 2. The lowest BCUT2D eigenvalue weighted by molar-refractivity contribution is -0.114. The Labute approximate surface area is 194 Å². The number of methoxy groups -OCH3 is 1. The van der Waals surface area contributed by atoms with Gasteiger partial charge in [-0.25, -0.2) is 5.43 Å². The molecule has 3 aromatic rings. The zero-order valence-corrected chi connectivity index (χ0v) is 19.2. The van der Waals surface area contributed by atoms with Crippen LogP contribution in [-0.2, 0) is 11.4 Å². The summed E-state index contributed by atoms with van der Waals surface area (Å²) in [5, 5.41) is 6.67. The number of benzene rings is 3. The highest BCUT2D eigenvalue weighted by Gasteiger charge is 2.10. The van der Waals surface area contributed by atoms with Crippen molar-refractivity contribution in [2.24, 2.45) is 5.10 Å². The summed E-state index contributed by atoms with van der Waals surface area (Å²) < 4.78 is 12.1. The molecule has 3 rings (SSSR count). The van der Waals surface area contributed by atoms with E-state index in [4.69, 9.17) is 9.47 Å². The largest absolute Gasteiger partial charge is 0.493 e. The quantitative estimate of drug-likeness (QED) is 0.348. The number of nitrogens with one attached hydrogen (secondary N) is 2. The number of nitrogens with zero attached hydrogens (tertiary/aromatic N) is 1. The van der Waals surface area contributed by atoms with Crippen LogP contribution in [0.1, 0.15) is 28.4 Å². The maximum Gasteiger partial charge on any atom is 0.271 e. The van der Waals surface area contributed by atoms with Gasteiger partial charge in [-0.3, -0.25) is 9.59 Å². The van der Waals surface area contributed by atoms with Crippen LogP contribution < -0.4 is 20.2 Å². The lowest BCUT2D eigenvalue weighted by Crippen LogP contribution is -2.18. The summed E-state index contributed by atoms with van der Waals surface area (Å²) in [6.45, 7) is 1.81. The van der Waals surface area contributed by atoms with Crippen molar-refractivity contribution in [3.8, 4) is 11.5 Å². The monoisotopic (exact) mass is 495 g/mol. The van der Waals surface area contributed by atoms with E-state index in [0.717, 1.165) is 10.0 Å². The minimum atomic E-state index is -0.403. The molecule has 0 fully saturated rings. The Morgan fingerprint density at radius 1 is 1.03 bits per heavy atom. The van der Waals surface area contributed by atoms with Crippen molar-refractivity contribution >= 4 is 39.6 Å². The van der Waals surface area contributed by atoms with Gasteiger partial charge >= 0.3 is 0 Å². The SMILES string of the molecule is COc1cc(/C=N\NC(=O)c2cccc(NC(C)=O)c2)c(Br)cc1OCc1ccccc1. The van der Waals surface area contributed by atoms with Gasteiger partial charge in [0.05, 0.1) is 13.3 Å². The molecule has 0 spiro atoms. The Morgan fingerprint density at radius 3 is 2.53 bits per heavy atom. The third-order valence-electron chi connectivity index (χ3n) is 4.33. The van der Waals surface area contributed by atoms with Crippen LogP contribution in [0.2, 0.25) is 0 Å². The van der Waals surface area contributed by atoms with Crippen LogP contribution in [0.4, 0.5) is 5.69 Å². The zero-order valence-electron chi connectivity index (χ0n) is 17.6. The third kappa shape index (κ3) is 6.42. The Bertz CT molecular complexity index is 1130. The number of hydrogen-bond acceptors (Lipinski definition) is 5. The molecule has 3 aromatic carbocycles. The minimum absolute atomic E-state index is 0.212. The maximum atomic E-state index is 12.4. The molecular formula is C24H22BrN3O4. The number of carbonyl (C=O) groups excluding carboxylic acids is 2. The topological polar surface area (TPSA) is 89.0 Å². The van der Waals surface area contributed by atoms with E-state index in [9.17, 15) is 9.59 Å². The fourth-order valence-electron chi connectivity index (χ4n) is 2.82. The predicted molar refractivity (Wildman–Crippen MR) is 127 cm³/mol. The predicted octanol–water partition coefficient (Wildman–Crippen LogP) is 4.76. The fourth-order valence-corrected chi connectivity index (χ4v) is 3.25. The molecule has 0 aliphatic carbocycles. The summed E-state index contributed by atoms with van der Waals surface area (Å²) in [6.07, 6.45) is 1.50. The Kier molecular flexibility index (Phi) is 7.99. The van der Waals surface area contributed by atoms with Crippen LogP contribution in [0.3, 0.4) is 0 Å². The molecule has 0 heterocycles. The summed E-state index contributed by atoms with van der Waals surface area (Å²) in [4.78, 5) is 23.5. The van der Waals surface area contributed by atoms with Crippen LogP contribution >= 0.6 is 15.9 Å². The number of anilines is 1. The number of halogens is 1. The van der Waals surface area contributed by atoms with E-state index in [2.05, 4.69) is 31.8 Å². The first-order valence-electron chi connectivity index (χ1n) is 9.71. The molecule has 0 bridgehead atoms. The van der Waals surface area contributed by atoms with Gasteiger partial charge in [0.15, 0.2) is 11.5 Å². The average molecular weight is 496 g/mol. The van der Waals surface area contributed by atoms with Crippen molar-refractivity contribution in [3.05, 3.63) is 87.9 Å². The van der Waals surface area contributed by atoms with E-state index in [-0.39, 0.29) is 5.91 Å². The van der Waals surface area contributed by atoms with Gasteiger partial charge in [0.2, 0.25) is 5.91 Å². The number of ether oxygens (including phenoxy) is 2. The molecule has 164 valence electrons. The fraction of sp³-hybridized carbons (Fsp3) is 0.125. The van der Waals surface area contributed by atoms with Crippen molar-refractivity contribution < 1.29 is 19.1 Å². The smallest absolute Gasteiger partial charge is 0.271 e. The van der Waals surface area contributed by atoms with Crippen molar-refractivity contribution in [3.63, 3.8) is 0 Å². The summed E-state index contributed by atoms with van der Waals surface area (Å²) in [5.41, 5.74) is 5.12. The van der Waals surface area contributed by atoms with E-state index in [1.165, 1.54) is 13.1 Å². The highest BCUT2D eigenvalue weighted by atomic mass is 79.9. The molecule has 0 aromatic heterocycles. The van der Waals surface area contributed by atoms with Gasteiger partial charge in [0, 0.05) is 28.2 Å². The van der Waals surface area contributed by atoms with E-state index in [1.807, 2.05) is 30.3 Å². The van der Waals surface area contributed by atoms with E-state index in [1.54, 1.807) is 43.5 Å². The second-order valence-electron chi connectivity index (χ2n) is 6.76. The molecule has 0 radical (unpaired) electrons. The molecule has 2 N–H and O–H groups in total. The molecule has 7 nitrogen and oxygen atoms in total. The molecule has 0 aliphatic rings. The first-order chi connectivity index (χ1) is 15.5. The number of hydrogen-bond donors (Lipinski definition) is 2. The average Bonchev–Trinajstić information content (AvgIpc) is 2.79. The van der Waals surface area contributed by atoms with Gasteiger partial charge in [0.1, 0.15) is 6.61 Å². The number of hydrazone groups is 1. The molecule has 0 aliphatic heterocycles. The molecule has 0 saturated carbocycles. The number of carbonyl (C=O) groups is 2. The molecule has 0 atom stereocenters. The first-order valence-corrected chi connectivity index (χ1v) is 10.5. The first kappa shape index (κ1) is 23.0. The van der Waals surface area contributed by atoms with Gasteiger partial charge in [-0.2, -0.15) is 5.10 Å². The normalized spacial score (nSPS) is 10.6. The zero-order chi connectivity index (χ0) is 22.9. The van der Waals surface area contributed by atoms with Gasteiger partial charge in [-0.1, -0.05) is 36.4 Å². The van der Waals surface area contributed by atoms with Crippen molar-refractivity contribution in [2.75, 3.05) is 12.4 Å².